The normalized spacial score (nSPS) is 12.0. The van der Waals surface area contributed by atoms with Gasteiger partial charge in [-0.05, 0) is 17.7 Å². The lowest BCUT2D eigenvalue weighted by Gasteiger charge is -2.22. The Morgan fingerprint density at radius 1 is 1.06 bits per heavy atom. The summed E-state index contributed by atoms with van der Waals surface area (Å²) in [5.74, 6) is -2.05. The highest BCUT2D eigenvalue weighted by atomic mass is 32.1. The van der Waals surface area contributed by atoms with E-state index in [2.05, 4.69) is 25.0 Å². The average molecular weight is 472 g/mol. The van der Waals surface area contributed by atoms with Crippen LogP contribution in [0.2, 0.25) is 0 Å². The van der Waals surface area contributed by atoms with Crippen molar-refractivity contribution in [2.75, 3.05) is 6.54 Å². The number of amides is 1. The molecule has 1 amide bonds. The van der Waals surface area contributed by atoms with Crippen LogP contribution in [0.5, 0.6) is 0 Å². The van der Waals surface area contributed by atoms with E-state index >= 15 is 0 Å². The van der Waals surface area contributed by atoms with Crippen LogP contribution in [0.1, 0.15) is 35.1 Å². The Morgan fingerprint density at radius 2 is 1.79 bits per heavy atom. The number of aromatic nitrogens is 3. The number of alkyl halides is 3. The highest BCUT2D eigenvalue weighted by Crippen LogP contribution is 2.33. The van der Waals surface area contributed by atoms with Gasteiger partial charge in [-0.3, -0.25) is 4.79 Å². The molecule has 1 N–H and O–H groups in total. The second-order valence-corrected chi connectivity index (χ2v) is 8.99. The molecule has 0 saturated carbocycles. The third-order valence-electron chi connectivity index (χ3n) is 4.89. The Labute approximate surface area is 191 Å². The minimum absolute atomic E-state index is 0.242. The average Bonchev–Trinajstić information content (AvgIpc) is 3.49. The first kappa shape index (κ1) is 22.7. The van der Waals surface area contributed by atoms with Gasteiger partial charge < -0.3 is 9.84 Å². The molecule has 33 heavy (non-hydrogen) atoms. The summed E-state index contributed by atoms with van der Waals surface area (Å²) >= 11 is 1.56. The van der Waals surface area contributed by atoms with Crippen molar-refractivity contribution in [1.82, 2.24) is 20.4 Å². The smallest absolute Gasteiger partial charge is 0.351 e. The molecule has 0 aliphatic rings. The van der Waals surface area contributed by atoms with E-state index in [-0.39, 0.29) is 22.9 Å². The maximum Gasteiger partial charge on any atom is 0.471 e. The standard InChI is InChI=1S/C23H19F3N4O2S/c1-22(2,21-27-12-17(33-21)14-7-4-3-5-8-14)13-28-19(31)16-10-6-9-15(11-16)18-29-20(32-30-18)23(24,25)26/h3-12H,13H2,1-2H3,(H,28,31). The van der Waals surface area contributed by atoms with Gasteiger partial charge in [0.1, 0.15) is 5.01 Å². The number of thiazole rings is 1. The molecular weight excluding hydrogens is 453 g/mol. The predicted octanol–water partition coefficient (Wildman–Crippen LogP) is 5.59. The van der Waals surface area contributed by atoms with E-state index in [4.69, 9.17) is 0 Å². The van der Waals surface area contributed by atoms with Gasteiger partial charge in [-0.1, -0.05) is 61.5 Å². The van der Waals surface area contributed by atoms with Crippen LogP contribution in [-0.4, -0.2) is 27.6 Å². The number of nitrogens with one attached hydrogen (secondary N) is 1. The molecule has 0 radical (unpaired) electrons. The van der Waals surface area contributed by atoms with Crippen molar-refractivity contribution in [3.63, 3.8) is 0 Å². The lowest BCUT2D eigenvalue weighted by molar-refractivity contribution is -0.159. The van der Waals surface area contributed by atoms with Crippen LogP contribution in [-0.2, 0) is 11.6 Å². The SMILES string of the molecule is CC(C)(CNC(=O)c1cccc(-c2noc(C(F)(F)F)n2)c1)c1ncc(-c2ccccc2)s1. The van der Waals surface area contributed by atoms with Gasteiger partial charge in [0.05, 0.1) is 4.88 Å². The number of carbonyl (C=O) groups is 1. The van der Waals surface area contributed by atoms with Crippen LogP contribution < -0.4 is 5.32 Å². The highest BCUT2D eigenvalue weighted by molar-refractivity contribution is 7.15. The van der Waals surface area contributed by atoms with Crippen molar-refractivity contribution in [2.45, 2.75) is 25.4 Å². The Kier molecular flexibility index (Phi) is 6.03. The summed E-state index contributed by atoms with van der Waals surface area (Å²) in [5.41, 5.74) is 1.16. The predicted molar refractivity (Wildman–Crippen MR) is 118 cm³/mol. The van der Waals surface area contributed by atoms with E-state index in [1.165, 1.54) is 12.1 Å². The molecule has 0 atom stereocenters. The summed E-state index contributed by atoms with van der Waals surface area (Å²) in [4.78, 5) is 21.7. The maximum atomic E-state index is 12.7. The molecule has 0 fully saturated rings. The Morgan fingerprint density at radius 3 is 2.48 bits per heavy atom. The van der Waals surface area contributed by atoms with Crippen molar-refractivity contribution < 1.29 is 22.5 Å². The summed E-state index contributed by atoms with van der Waals surface area (Å²) in [6.07, 6.45) is -2.91. The molecular formula is C23H19F3N4O2S. The molecule has 2 aromatic carbocycles. The summed E-state index contributed by atoms with van der Waals surface area (Å²) in [6.45, 7) is 4.28. The van der Waals surface area contributed by atoms with E-state index in [0.29, 0.717) is 6.54 Å². The summed E-state index contributed by atoms with van der Waals surface area (Å²) in [5, 5.41) is 7.12. The first-order valence-corrected chi connectivity index (χ1v) is 10.8. The van der Waals surface area contributed by atoms with Crippen molar-refractivity contribution in [1.29, 1.82) is 0 Å². The number of nitrogens with zero attached hydrogens (tertiary/aromatic N) is 3. The summed E-state index contributed by atoms with van der Waals surface area (Å²) in [7, 11) is 0. The summed E-state index contributed by atoms with van der Waals surface area (Å²) in [6, 6.07) is 15.9. The van der Waals surface area contributed by atoms with Gasteiger partial charge in [-0.25, -0.2) is 4.98 Å². The van der Waals surface area contributed by atoms with Crippen molar-refractivity contribution >= 4 is 17.2 Å². The zero-order valence-electron chi connectivity index (χ0n) is 17.7. The number of carbonyl (C=O) groups excluding carboxylic acids is 1. The van der Waals surface area contributed by atoms with Gasteiger partial charge in [0.2, 0.25) is 5.82 Å². The van der Waals surface area contributed by atoms with E-state index in [1.54, 1.807) is 23.5 Å². The van der Waals surface area contributed by atoms with Crippen molar-refractivity contribution in [3.8, 4) is 21.8 Å². The van der Waals surface area contributed by atoms with Gasteiger partial charge in [-0.15, -0.1) is 11.3 Å². The third-order valence-corrected chi connectivity index (χ3v) is 6.30. The van der Waals surface area contributed by atoms with Crippen LogP contribution in [0.3, 0.4) is 0 Å². The lowest BCUT2D eigenvalue weighted by Crippen LogP contribution is -2.36. The first-order valence-electron chi connectivity index (χ1n) is 9.95. The topological polar surface area (TPSA) is 80.9 Å². The molecule has 0 saturated heterocycles. The highest BCUT2D eigenvalue weighted by Gasteiger charge is 2.38. The molecule has 0 bridgehead atoms. The van der Waals surface area contributed by atoms with Gasteiger partial charge in [0, 0.05) is 29.3 Å². The molecule has 170 valence electrons. The van der Waals surface area contributed by atoms with Gasteiger partial charge in [0.25, 0.3) is 5.91 Å². The van der Waals surface area contributed by atoms with Crippen LogP contribution >= 0.6 is 11.3 Å². The monoisotopic (exact) mass is 472 g/mol. The van der Waals surface area contributed by atoms with E-state index in [0.717, 1.165) is 15.4 Å². The summed E-state index contributed by atoms with van der Waals surface area (Å²) < 4.78 is 42.4. The fraction of sp³-hybridized carbons (Fsp3) is 0.217. The minimum Gasteiger partial charge on any atom is -0.351 e. The first-order chi connectivity index (χ1) is 15.6. The molecule has 0 spiro atoms. The Balaban J connectivity index is 1.45. The molecule has 2 heterocycles. The third kappa shape index (κ3) is 5.11. The van der Waals surface area contributed by atoms with E-state index in [9.17, 15) is 18.0 Å². The number of halogens is 3. The fourth-order valence-electron chi connectivity index (χ4n) is 3.06. The Hall–Kier alpha value is -3.53. The molecule has 0 unspecified atom stereocenters. The quantitative estimate of drug-likeness (QED) is 0.396. The largest absolute Gasteiger partial charge is 0.471 e. The molecule has 0 aliphatic heterocycles. The van der Waals surface area contributed by atoms with Crippen LogP contribution in [0.25, 0.3) is 21.8 Å². The van der Waals surface area contributed by atoms with Crippen LogP contribution in [0.15, 0.2) is 65.3 Å². The Bertz CT molecular complexity index is 1270. The molecule has 2 aromatic heterocycles. The molecule has 4 rings (SSSR count). The molecule has 10 heteroatoms. The van der Waals surface area contributed by atoms with Gasteiger partial charge in [-0.2, -0.15) is 18.2 Å². The fourth-order valence-corrected chi connectivity index (χ4v) is 4.08. The number of benzene rings is 2. The van der Waals surface area contributed by atoms with Crippen molar-refractivity contribution in [2.24, 2.45) is 0 Å². The zero-order chi connectivity index (χ0) is 23.6. The number of hydrogen-bond acceptors (Lipinski definition) is 6. The van der Waals surface area contributed by atoms with Crippen LogP contribution in [0.4, 0.5) is 13.2 Å². The number of hydrogen-bond donors (Lipinski definition) is 1. The number of rotatable bonds is 6. The molecule has 4 aromatic rings. The van der Waals surface area contributed by atoms with Crippen molar-refractivity contribution in [3.05, 3.63) is 77.3 Å². The molecule has 6 nitrogen and oxygen atoms in total. The van der Waals surface area contributed by atoms with E-state index < -0.39 is 17.5 Å². The second kappa shape index (κ2) is 8.78. The van der Waals surface area contributed by atoms with E-state index in [1.807, 2.05) is 50.4 Å². The molecule has 0 aliphatic carbocycles. The maximum absolute atomic E-state index is 12.7. The van der Waals surface area contributed by atoms with Gasteiger partial charge in [0.15, 0.2) is 0 Å². The zero-order valence-corrected chi connectivity index (χ0v) is 18.5. The minimum atomic E-state index is -4.73. The van der Waals surface area contributed by atoms with Crippen LogP contribution in [0, 0.1) is 0 Å². The lowest BCUT2D eigenvalue weighted by atomic mass is 9.94. The second-order valence-electron chi connectivity index (χ2n) is 7.96. The van der Waals surface area contributed by atoms with Gasteiger partial charge >= 0.3 is 12.1 Å².